The quantitative estimate of drug-likeness (QED) is 0.715. The zero-order valence-electron chi connectivity index (χ0n) is 9.38. The van der Waals surface area contributed by atoms with E-state index >= 15 is 0 Å². The summed E-state index contributed by atoms with van der Waals surface area (Å²) in [7, 11) is 0. The first-order valence-corrected chi connectivity index (χ1v) is 6.63. The van der Waals surface area contributed by atoms with Gasteiger partial charge in [0.15, 0.2) is 12.0 Å². The van der Waals surface area contributed by atoms with Crippen LogP contribution in [0, 0.1) is 13.8 Å². The SMILES string of the molecule is Cc1cc(Br)c(-c2ccc(C=O)o2)c(Br)c1C. The molecule has 2 rings (SSSR count). The van der Waals surface area contributed by atoms with Gasteiger partial charge in [0.05, 0.1) is 0 Å². The van der Waals surface area contributed by atoms with Crippen molar-refractivity contribution in [2.24, 2.45) is 0 Å². The van der Waals surface area contributed by atoms with Gasteiger partial charge in [-0.05, 0) is 75.0 Å². The van der Waals surface area contributed by atoms with Gasteiger partial charge in [0.25, 0.3) is 0 Å². The first-order valence-electron chi connectivity index (χ1n) is 5.05. The lowest BCUT2D eigenvalue weighted by Crippen LogP contribution is -1.88. The molecule has 88 valence electrons. The molecule has 2 nitrogen and oxygen atoms in total. The summed E-state index contributed by atoms with van der Waals surface area (Å²) in [6.45, 7) is 4.09. The van der Waals surface area contributed by atoms with E-state index in [-0.39, 0.29) is 0 Å². The van der Waals surface area contributed by atoms with Gasteiger partial charge in [-0.15, -0.1) is 0 Å². The van der Waals surface area contributed by atoms with E-state index in [0.29, 0.717) is 17.8 Å². The molecule has 0 atom stereocenters. The van der Waals surface area contributed by atoms with Crippen LogP contribution < -0.4 is 0 Å². The molecule has 1 heterocycles. The molecule has 2 aromatic rings. The Morgan fingerprint density at radius 3 is 2.53 bits per heavy atom. The van der Waals surface area contributed by atoms with E-state index in [0.717, 1.165) is 20.1 Å². The summed E-state index contributed by atoms with van der Waals surface area (Å²) < 4.78 is 7.37. The number of hydrogen-bond donors (Lipinski definition) is 0. The first kappa shape index (κ1) is 12.6. The van der Waals surface area contributed by atoms with Crippen molar-refractivity contribution in [2.45, 2.75) is 13.8 Å². The van der Waals surface area contributed by atoms with Gasteiger partial charge >= 0.3 is 0 Å². The molecular weight excluding hydrogens is 348 g/mol. The normalized spacial score (nSPS) is 10.6. The highest BCUT2D eigenvalue weighted by Crippen LogP contribution is 2.39. The highest BCUT2D eigenvalue weighted by atomic mass is 79.9. The van der Waals surface area contributed by atoms with Crippen molar-refractivity contribution in [3.05, 3.63) is 44.0 Å². The number of carbonyl (C=O) groups excluding carboxylic acids is 1. The molecule has 0 fully saturated rings. The van der Waals surface area contributed by atoms with Crippen LogP contribution in [0.5, 0.6) is 0 Å². The average Bonchev–Trinajstić information content (AvgIpc) is 2.74. The largest absolute Gasteiger partial charge is 0.453 e. The van der Waals surface area contributed by atoms with Crippen LogP contribution in [0.3, 0.4) is 0 Å². The van der Waals surface area contributed by atoms with Crippen LogP contribution in [-0.2, 0) is 0 Å². The summed E-state index contributed by atoms with van der Waals surface area (Å²) in [6.07, 6.45) is 0.701. The maximum absolute atomic E-state index is 10.6. The lowest BCUT2D eigenvalue weighted by atomic mass is 10.0. The molecule has 0 spiro atoms. The van der Waals surface area contributed by atoms with Crippen molar-refractivity contribution >= 4 is 38.1 Å². The summed E-state index contributed by atoms with van der Waals surface area (Å²) in [5.41, 5.74) is 3.28. The smallest absolute Gasteiger partial charge is 0.185 e. The van der Waals surface area contributed by atoms with Crippen molar-refractivity contribution in [1.29, 1.82) is 0 Å². The van der Waals surface area contributed by atoms with Crippen LogP contribution in [-0.4, -0.2) is 6.29 Å². The summed E-state index contributed by atoms with van der Waals surface area (Å²) in [6, 6.07) is 5.50. The van der Waals surface area contributed by atoms with Crippen LogP contribution in [0.2, 0.25) is 0 Å². The van der Waals surface area contributed by atoms with Crippen LogP contribution in [0.25, 0.3) is 11.3 Å². The zero-order valence-corrected chi connectivity index (χ0v) is 12.6. The van der Waals surface area contributed by atoms with Gasteiger partial charge in [-0.25, -0.2) is 0 Å². The van der Waals surface area contributed by atoms with Gasteiger partial charge in [-0.1, -0.05) is 0 Å². The molecular formula is C13H10Br2O2. The van der Waals surface area contributed by atoms with Crippen LogP contribution in [0.1, 0.15) is 21.7 Å². The first-order chi connectivity index (χ1) is 8.04. The van der Waals surface area contributed by atoms with E-state index in [1.165, 1.54) is 5.56 Å². The Hall–Kier alpha value is -0.870. The lowest BCUT2D eigenvalue weighted by molar-refractivity contribution is 0.110. The maximum atomic E-state index is 10.6. The number of furan rings is 1. The molecule has 0 saturated carbocycles. The maximum Gasteiger partial charge on any atom is 0.185 e. The topological polar surface area (TPSA) is 30.2 Å². The second-order valence-corrected chi connectivity index (χ2v) is 5.46. The monoisotopic (exact) mass is 356 g/mol. The van der Waals surface area contributed by atoms with Crippen LogP contribution in [0.4, 0.5) is 0 Å². The van der Waals surface area contributed by atoms with E-state index in [9.17, 15) is 4.79 Å². The summed E-state index contributed by atoms with van der Waals surface area (Å²) in [5, 5.41) is 0. The molecule has 1 aromatic carbocycles. The summed E-state index contributed by atoms with van der Waals surface area (Å²) in [5.74, 6) is 1.01. The molecule has 17 heavy (non-hydrogen) atoms. The molecule has 0 N–H and O–H groups in total. The van der Waals surface area contributed by atoms with Crippen molar-refractivity contribution in [3.8, 4) is 11.3 Å². The van der Waals surface area contributed by atoms with Gasteiger partial charge in [0.1, 0.15) is 5.76 Å². The molecule has 0 saturated heterocycles. The molecule has 0 aliphatic rings. The van der Waals surface area contributed by atoms with E-state index in [2.05, 4.69) is 31.9 Å². The second kappa shape index (κ2) is 4.78. The lowest BCUT2D eigenvalue weighted by Gasteiger charge is -2.10. The minimum atomic E-state index is 0.331. The Labute approximate surface area is 116 Å². The molecule has 0 amide bonds. The molecule has 0 radical (unpaired) electrons. The number of rotatable bonds is 2. The van der Waals surface area contributed by atoms with Crippen molar-refractivity contribution < 1.29 is 9.21 Å². The minimum absolute atomic E-state index is 0.331. The fraction of sp³-hybridized carbons (Fsp3) is 0.154. The third-order valence-electron chi connectivity index (χ3n) is 2.71. The Balaban J connectivity index is 2.66. The van der Waals surface area contributed by atoms with Crippen molar-refractivity contribution in [1.82, 2.24) is 0 Å². The predicted octanol–water partition coefficient (Wildman–Crippen LogP) is 4.90. The predicted molar refractivity (Wildman–Crippen MR) is 74.4 cm³/mol. The molecule has 4 heteroatoms. The van der Waals surface area contributed by atoms with Crippen molar-refractivity contribution in [3.63, 3.8) is 0 Å². The summed E-state index contributed by atoms with van der Waals surface area (Å²) in [4.78, 5) is 10.6. The van der Waals surface area contributed by atoms with Gasteiger partial charge in [-0.2, -0.15) is 0 Å². The fourth-order valence-electron chi connectivity index (χ4n) is 1.61. The molecule has 0 aliphatic carbocycles. The van der Waals surface area contributed by atoms with Gasteiger partial charge in [-0.3, -0.25) is 4.79 Å². The Morgan fingerprint density at radius 2 is 1.94 bits per heavy atom. The fourth-order valence-corrected chi connectivity index (χ4v) is 3.34. The third kappa shape index (κ3) is 2.24. The van der Waals surface area contributed by atoms with Gasteiger partial charge in [0, 0.05) is 14.5 Å². The minimum Gasteiger partial charge on any atom is -0.453 e. The van der Waals surface area contributed by atoms with Crippen LogP contribution in [0.15, 0.2) is 31.6 Å². The standard InChI is InChI=1S/C13H10Br2O2/c1-7-5-10(14)12(13(15)8(7)2)11-4-3-9(6-16)17-11/h3-6H,1-2H3. The van der Waals surface area contributed by atoms with E-state index in [1.54, 1.807) is 12.1 Å². The molecule has 0 bridgehead atoms. The van der Waals surface area contributed by atoms with Gasteiger partial charge < -0.3 is 4.42 Å². The van der Waals surface area contributed by atoms with E-state index in [1.807, 2.05) is 19.9 Å². The highest BCUT2D eigenvalue weighted by molar-refractivity contribution is 9.11. The Morgan fingerprint density at radius 1 is 1.24 bits per heavy atom. The Kier molecular flexibility index (Phi) is 3.54. The number of benzene rings is 1. The van der Waals surface area contributed by atoms with Crippen LogP contribution >= 0.6 is 31.9 Å². The van der Waals surface area contributed by atoms with E-state index < -0.39 is 0 Å². The molecule has 1 aromatic heterocycles. The third-order valence-corrected chi connectivity index (χ3v) is 4.33. The average molecular weight is 358 g/mol. The molecule has 0 unspecified atom stereocenters. The number of halogens is 2. The number of aldehydes is 1. The second-order valence-electron chi connectivity index (χ2n) is 3.81. The number of carbonyl (C=O) groups is 1. The van der Waals surface area contributed by atoms with Crippen molar-refractivity contribution in [2.75, 3.05) is 0 Å². The van der Waals surface area contributed by atoms with Gasteiger partial charge in [0.2, 0.25) is 0 Å². The number of aryl methyl sites for hydroxylation is 1. The molecule has 0 aliphatic heterocycles. The zero-order chi connectivity index (χ0) is 12.6. The highest BCUT2D eigenvalue weighted by Gasteiger charge is 2.15. The number of hydrogen-bond acceptors (Lipinski definition) is 2. The van der Waals surface area contributed by atoms with E-state index in [4.69, 9.17) is 4.42 Å². The Bertz CT molecular complexity index is 585. The summed E-state index contributed by atoms with van der Waals surface area (Å²) >= 11 is 7.09.